The van der Waals surface area contributed by atoms with Crippen molar-refractivity contribution in [2.75, 3.05) is 0 Å². The van der Waals surface area contributed by atoms with Gasteiger partial charge in [-0.05, 0) is 29.3 Å². The van der Waals surface area contributed by atoms with E-state index in [0.717, 1.165) is 16.7 Å². The lowest BCUT2D eigenvalue weighted by molar-refractivity contribution is -0.109. The standard InChI is InChI=1S/C21H14O3/c22-19-11-10-14-6-4-5-9-17(14)18(19)12-16-13-20(24-21(16)23)15-7-2-1-3-8-15/h1-13,23H. The summed E-state index contributed by atoms with van der Waals surface area (Å²) in [7, 11) is 0. The molecule has 1 N–H and O–H groups in total. The Morgan fingerprint density at radius 3 is 2.50 bits per heavy atom. The van der Waals surface area contributed by atoms with Gasteiger partial charge in [0.25, 0.3) is 5.95 Å². The maximum atomic E-state index is 12.3. The molecule has 0 atom stereocenters. The molecular weight excluding hydrogens is 300 g/mol. The summed E-state index contributed by atoms with van der Waals surface area (Å²) in [5, 5.41) is 10.1. The molecule has 0 amide bonds. The van der Waals surface area contributed by atoms with E-state index >= 15 is 0 Å². The van der Waals surface area contributed by atoms with Gasteiger partial charge < -0.3 is 9.52 Å². The Hall–Kier alpha value is -3.33. The molecule has 0 spiro atoms. The van der Waals surface area contributed by atoms with Gasteiger partial charge in [-0.15, -0.1) is 0 Å². The monoisotopic (exact) mass is 314 g/mol. The summed E-state index contributed by atoms with van der Waals surface area (Å²) in [5.74, 6) is 0.281. The van der Waals surface area contributed by atoms with Gasteiger partial charge in [0.15, 0.2) is 5.78 Å². The van der Waals surface area contributed by atoms with Crippen LogP contribution in [0, 0.1) is 0 Å². The van der Waals surface area contributed by atoms with Crippen molar-refractivity contribution >= 4 is 23.5 Å². The van der Waals surface area contributed by atoms with E-state index < -0.39 is 0 Å². The fraction of sp³-hybridized carbons (Fsp3) is 0. The third kappa shape index (κ3) is 2.46. The minimum absolute atomic E-state index is 0.0874. The van der Waals surface area contributed by atoms with Crippen LogP contribution in [0.15, 0.2) is 71.2 Å². The first kappa shape index (κ1) is 14.3. The molecule has 0 aliphatic heterocycles. The number of rotatable bonds is 2. The van der Waals surface area contributed by atoms with Crippen LogP contribution in [0.2, 0.25) is 0 Å². The molecule has 1 aliphatic rings. The van der Waals surface area contributed by atoms with E-state index in [1.807, 2.05) is 54.6 Å². The second-order valence-corrected chi connectivity index (χ2v) is 5.58. The maximum absolute atomic E-state index is 12.3. The highest BCUT2D eigenvalue weighted by molar-refractivity contribution is 6.33. The third-order valence-electron chi connectivity index (χ3n) is 4.03. The highest BCUT2D eigenvalue weighted by atomic mass is 16.5. The highest BCUT2D eigenvalue weighted by Gasteiger charge is 2.19. The Kier molecular flexibility index (Phi) is 3.39. The van der Waals surface area contributed by atoms with Gasteiger partial charge in [0.2, 0.25) is 0 Å². The topological polar surface area (TPSA) is 50.4 Å². The predicted octanol–water partition coefficient (Wildman–Crippen LogP) is 4.79. The van der Waals surface area contributed by atoms with Crippen molar-refractivity contribution in [3.8, 4) is 17.3 Å². The lowest BCUT2D eigenvalue weighted by Crippen LogP contribution is -2.04. The summed E-state index contributed by atoms with van der Waals surface area (Å²) in [5.41, 5.74) is 3.74. The fourth-order valence-corrected chi connectivity index (χ4v) is 2.82. The summed E-state index contributed by atoms with van der Waals surface area (Å²) in [6, 6.07) is 18.9. The zero-order valence-electron chi connectivity index (χ0n) is 12.8. The van der Waals surface area contributed by atoms with Crippen molar-refractivity contribution in [2.24, 2.45) is 0 Å². The molecule has 0 radical (unpaired) electrons. The van der Waals surface area contributed by atoms with Gasteiger partial charge in [-0.25, -0.2) is 0 Å². The van der Waals surface area contributed by atoms with E-state index in [9.17, 15) is 9.90 Å². The lowest BCUT2D eigenvalue weighted by atomic mass is 9.90. The van der Waals surface area contributed by atoms with Crippen molar-refractivity contribution in [3.63, 3.8) is 0 Å². The molecule has 0 unspecified atom stereocenters. The average molecular weight is 314 g/mol. The largest absolute Gasteiger partial charge is 0.480 e. The van der Waals surface area contributed by atoms with E-state index in [4.69, 9.17) is 4.42 Å². The molecule has 0 fully saturated rings. The second kappa shape index (κ2) is 5.70. The molecule has 3 nitrogen and oxygen atoms in total. The number of ketones is 1. The van der Waals surface area contributed by atoms with Gasteiger partial charge in [-0.3, -0.25) is 4.79 Å². The Balaban J connectivity index is 1.80. The summed E-state index contributed by atoms with van der Waals surface area (Å²) in [6.45, 7) is 0. The highest BCUT2D eigenvalue weighted by Crippen LogP contribution is 2.34. The molecule has 24 heavy (non-hydrogen) atoms. The van der Waals surface area contributed by atoms with Crippen molar-refractivity contribution in [2.45, 2.75) is 0 Å². The number of furan rings is 1. The van der Waals surface area contributed by atoms with Gasteiger partial charge in [0, 0.05) is 11.1 Å². The first-order valence-corrected chi connectivity index (χ1v) is 7.64. The fourth-order valence-electron chi connectivity index (χ4n) is 2.82. The summed E-state index contributed by atoms with van der Waals surface area (Å²) >= 11 is 0. The Morgan fingerprint density at radius 2 is 1.67 bits per heavy atom. The summed E-state index contributed by atoms with van der Waals surface area (Å²) < 4.78 is 5.45. The van der Waals surface area contributed by atoms with Gasteiger partial charge in [-0.1, -0.05) is 60.7 Å². The van der Waals surface area contributed by atoms with Crippen molar-refractivity contribution in [3.05, 3.63) is 83.4 Å². The van der Waals surface area contributed by atoms with Crippen LogP contribution in [0.4, 0.5) is 0 Å². The first-order chi connectivity index (χ1) is 11.7. The van der Waals surface area contributed by atoms with Gasteiger partial charge >= 0.3 is 0 Å². The van der Waals surface area contributed by atoms with Crippen LogP contribution in [0.5, 0.6) is 5.95 Å². The third-order valence-corrected chi connectivity index (χ3v) is 4.03. The SMILES string of the molecule is O=C1C=Cc2ccccc2C1=Cc1cc(-c2ccccc2)oc1O. The molecule has 0 saturated heterocycles. The molecule has 1 aromatic heterocycles. The molecule has 3 heteroatoms. The quantitative estimate of drug-likeness (QED) is 0.692. The molecule has 0 saturated carbocycles. The van der Waals surface area contributed by atoms with Gasteiger partial charge in [-0.2, -0.15) is 0 Å². The van der Waals surface area contributed by atoms with Crippen LogP contribution in [-0.4, -0.2) is 10.9 Å². The van der Waals surface area contributed by atoms with Crippen LogP contribution in [-0.2, 0) is 4.79 Å². The van der Waals surface area contributed by atoms with Crippen molar-refractivity contribution in [1.82, 2.24) is 0 Å². The van der Waals surface area contributed by atoms with E-state index in [0.29, 0.717) is 16.9 Å². The molecule has 2 aromatic carbocycles. The number of carbonyl (C=O) groups is 1. The number of aromatic hydroxyl groups is 1. The minimum Gasteiger partial charge on any atom is -0.480 e. The van der Waals surface area contributed by atoms with Crippen LogP contribution < -0.4 is 0 Å². The molecular formula is C21H14O3. The van der Waals surface area contributed by atoms with Crippen LogP contribution in [0.25, 0.3) is 29.0 Å². The number of benzene rings is 2. The zero-order chi connectivity index (χ0) is 16.5. The number of fused-ring (bicyclic) bond motifs is 1. The normalized spacial score (nSPS) is 14.8. The molecule has 1 heterocycles. The van der Waals surface area contributed by atoms with Gasteiger partial charge in [0.05, 0.1) is 5.56 Å². The van der Waals surface area contributed by atoms with E-state index in [1.54, 1.807) is 24.3 Å². The lowest BCUT2D eigenvalue weighted by Gasteiger charge is -2.12. The molecule has 4 rings (SSSR count). The Morgan fingerprint density at radius 1 is 0.917 bits per heavy atom. The molecule has 0 bridgehead atoms. The smallest absolute Gasteiger partial charge is 0.289 e. The van der Waals surface area contributed by atoms with Crippen molar-refractivity contribution in [1.29, 1.82) is 0 Å². The van der Waals surface area contributed by atoms with Gasteiger partial charge in [0.1, 0.15) is 5.76 Å². The van der Waals surface area contributed by atoms with Crippen molar-refractivity contribution < 1.29 is 14.3 Å². The van der Waals surface area contributed by atoms with Crippen LogP contribution in [0.1, 0.15) is 16.7 Å². The summed E-state index contributed by atoms with van der Waals surface area (Å²) in [4.78, 5) is 12.3. The number of hydrogen-bond donors (Lipinski definition) is 1. The molecule has 3 aromatic rings. The molecule has 116 valence electrons. The molecule has 1 aliphatic carbocycles. The zero-order valence-corrected chi connectivity index (χ0v) is 12.8. The summed E-state index contributed by atoms with van der Waals surface area (Å²) in [6.07, 6.45) is 5.03. The van der Waals surface area contributed by atoms with Crippen LogP contribution in [0.3, 0.4) is 0 Å². The Labute approximate surface area is 139 Å². The minimum atomic E-state index is -0.193. The average Bonchev–Trinajstić information content (AvgIpc) is 2.99. The number of carbonyl (C=O) groups excluding carboxylic acids is 1. The van der Waals surface area contributed by atoms with E-state index in [-0.39, 0.29) is 11.7 Å². The Bertz CT molecular complexity index is 975. The van der Waals surface area contributed by atoms with Crippen LogP contribution >= 0.6 is 0 Å². The number of hydrogen-bond acceptors (Lipinski definition) is 3. The predicted molar refractivity (Wildman–Crippen MR) is 94.2 cm³/mol. The first-order valence-electron chi connectivity index (χ1n) is 7.64. The second-order valence-electron chi connectivity index (χ2n) is 5.58. The maximum Gasteiger partial charge on any atom is 0.289 e. The van der Waals surface area contributed by atoms with E-state index in [1.165, 1.54) is 0 Å². The van der Waals surface area contributed by atoms with E-state index in [2.05, 4.69) is 0 Å². The number of allylic oxidation sites excluding steroid dienone is 2.